The van der Waals surface area contributed by atoms with Gasteiger partial charge >= 0.3 is 6.18 Å². The highest BCUT2D eigenvalue weighted by atomic mass is 19.4. The molecule has 0 spiro atoms. The smallest absolute Gasteiger partial charge is 0.344 e. The van der Waals surface area contributed by atoms with Crippen molar-refractivity contribution in [2.24, 2.45) is 0 Å². The van der Waals surface area contributed by atoms with Gasteiger partial charge in [-0.1, -0.05) is 12.1 Å². The van der Waals surface area contributed by atoms with E-state index in [-0.39, 0.29) is 5.91 Å². The highest BCUT2D eigenvalue weighted by Gasteiger charge is 2.31. The molecule has 1 saturated heterocycles. The van der Waals surface area contributed by atoms with Crippen LogP contribution in [0.3, 0.4) is 0 Å². The molecule has 2 amide bonds. The van der Waals surface area contributed by atoms with Gasteiger partial charge in [-0.25, -0.2) is 0 Å². The molecule has 1 aromatic carbocycles. The first-order valence-electron chi connectivity index (χ1n) is 7.10. The monoisotopic (exact) mass is 326 g/mol. The van der Waals surface area contributed by atoms with E-state index in [0.29, 0.717) is 24.1 Å². The van der Waals surface area contributed by atoms with Crippen LogP contribution in [0.5, 0.6) is 0 Å². The van der Waals surface area contributed by atoms with Crippen LogP contribution >= 0.6 is 0 Å². The zero-order valence-electron chi connectivity index (χ0n) is 12.8. The standard InChI is InChI=1S/C16H17F3N2O2/c1-10(11-4-3-5-12(9-11)16(17,18)19)8-14(22)20-13-6-7-21(2)15(13)23/h3-5,8-9,13H,6-7H2,1-2H3,(H,20,22)/b10-8+/t13-/m0/s1. The Labute approximate surface area is 132 Å². The first-order valence-corrected chi connectivity index (χ1v) is 7.10. The minimum Gasteiger partial charge on any atom is -0.344 e. The minimum absolute atomic E-state index is 0.163. The number of alkyl halides is 3. The normalized spacial score (nSPS) is 19.2. The summed E-state index contributed by atoms with van der Waals surface area (Å²) in [5.74, 6) is -0.656. The van der Waals surface area contributed by atoms with Gasteiger partial charge in [0.2, 0.25) is 11.8 Å². The quantitative estimate of drug-likeness (QED) is 0.868. The molecule has 1 aliphatic heterocycles. The molecule has 0 aromatic heterocycles. The Morgan fingerprint density at radius 3 is 2.65 bits per heavy atom. The van der Waals surface area contributed by atoms with Gasteiger partial charge in [-0.05, 0) is 36.6 Å². The average Bonchev–Trinajstić information content (AvgIpc) is 2.78. The van der Waals surface area contributed by atoms with Gasteiger partial charge in [0.25, 0.3) is 0 Å². The Hall–Kier alpha value is -2.31. The van der Waals surface area contributed by atoms with Crippen molar-refractivity contribution in [2.75, 3.05) is 13.6 Å². The second kappa shape index (κ2) is 6.44. The van der Waals surface area contributed by atoms with Crippen LogP contribution in [0.1, 0.15) is 24.5 Å². The molecular weight excluding hydrogens is 309 g/mol. The van der Waals surface area contributed by atoms with E-state index in [1.54, 1.807) is 14.0 Å². The second-order valence-electron chi connectivity index (χ2n) is 5.52. The zero-order valence-corrected chi connectivity index (χ0v) is 12.8. The number of likely N-dealkylation sites (tertiary alicyclic amines) is 1. The first-order chi connectivity index (χ1) is 10.7. The zero-order chi connectivity index (χ0) is 17.2. The van der Waals surface area contributed by atoms with Crippen LogP contribution in [-0.4, -0.2) is 36.3 Å². The van der Waals surface area contributed by atoms with E-state index >= 15 is 0 Å². The van der Waals surface area contributed by atoms with E-state index in [4.69, 9.17) is 0 Å². The van der Waals surface area contributed by atoms with Crippen LogP contribution in [0.2, 0.25) is 0 Å². The molecule has 0 aliphatic carbocycles. The number of allylic oxidation sites excluding steroid dienone is 1. The Bertz CT molecular complexity index is 653. The average molecular weight is 326 g/mol. The molecule has 0 bridgehead atoms. The van der Waals surface area contributed by atoms with E-state index in [2.05, 4.69) is 5.32 Å². The number of carbonyl (C=O) groups is 2. The lowest BCUT2D eigenvalue weighted by molar-refractivity contribution is -0.137. The lowest BCUT2D eigenvalue weighted by Crippen LogP contribution is -2.39. The summed E-state index contributed by atoms with van der Waals surface area (Å²) in [4.78, 5) is 25.2. The van der Waals surface area contributed by atoms with Crippen molar-refractivity contribution in [1.82, 2.24) is 10.2 Å². The number of rotatable bonds is 3. The van der Waals surface area contributed by atoms with Gasteiger partial charge in [0.05, 0.1) is 5.56 Å². The SMILES string of the molecule is C/C(=C\C(=O)N[C@H]1CCN(C)C1=O)c1cccc(C(F)(F)F)c1. The maximum atomic E-state index is 12.7. The summed E-state index contributed by atoms with van der Waals surface area (Å²) in [5.41, 5.74) is -0.0620. The molecule has 2 rings (SSSR count). The van der Waals surface area contributed by atoms with E-state index in [1.165, 1.54) is 23.1 Å². The topological polar surface area (TPSA) is 49.4 Å². The Balaban J connectivity index is 2.10. The molecule has 1 aromatic rings. The number of benzene rings is 1. The van der Waals surface area contributed by atoms with Crippen molar-refractivity contribution in [3.05, 3.63) is 41.5 Å². The number of hydrogen-bond donors (Lipinski definition) is 1. The van der Waals surface area contributed by atoms with Gasteiger partial charge in [0.1, 0.15) is 6.04 Å². The Kier molecular flexibility index (Phi) is 4.77. The predicted molar refractivity (Wildman–Crippen MR) is 79.3 cm³/mol. The summed E-state index contributed by atoms with van der Waals surface area (Å²) in [5, 5.41) is 2.58. The van der Waals surface area contributed by atoms with Crippen molar-refractivity contribution in [3.8, 4) is 0 Å². The summed E-state index contributed by atoms with van der Waals surface area (Å²) < 4.78 is 38.1. The molecule has 1 atom stereocenters. The Morgan fingerprint density at radius 1 is 1.39 bits per heavy atom. The lowest BCUT2D eigenvalue weighted by Gasteiger charge is -2.12. The molecule has 4 nitrogen and oxygen atoms in total. The van der Waals surface area contributed by atoms with E-state index in [0.717, 1.165) is 12.1 Å². The maximum Gasteiger partial charge on any atom is 0.416 e. The van der Waals surface area contributed by atoms with Gasteiger partial charge in [0, 0.05) is 19.7 Å². The van der Waals surface area contributed by atoms with E-state index in [1.807, 2.05) is 0 Å². The summed E-state index contributed by atoms with van der Waals surface area (Å²) in [7, 11) is 1.65. The third kappa shape index (κ3) is 4.12. The molecule has 1 fully saturated rings. The molecule has 0 saturated carbocycles. The highest BCUT2D eigenvalue weighted by molar-refractivity contribution is 5.98. The van der Waals surface area contributed by atoms with Crippen LogP contribution in [0.15, 0.2) is 30.3 Å². The van der Waals surface area contributed by atoms with Gasteiger partial charge in [-0.3, -0.25) is 9.59 Å². The minimum atomic E-state index is -4.43. The maximum absolute atomic E-state index is 12.7. The van der Waals surface area contributed by atoms with Crippen molar-refractivity contribution in [1.29, 1.82) is 0 Å². The van der Waals surface area contributed by atoms with Crippen LogP contribution in [0.4, 0.5) is 13.2 Å². The van der Waals surface area contributed by atoms with Gasteiger partial charge in [-0.2, -0.15) is 13.2 Å². The van der Waals surface area contributed by atoms with E-state index in [9.17, 15) is 22.8 Å². The Morgan fingerprint density at radius 2 is 2.09 bits per heavy atom. The predicted octanol–water partition coefficient (Wildman–Crippen LogP) is 2.46. The van der Waals surface area contributed by atoms with Crippen LogP contribution < -0.4 is 5.32 Å². The summed E-state index contributed by atoms with van der Waals surface area (Å²) in [6.45, 7) is 2.12. The molecule has 124 valence electrons. The molecule has 1 aliphatic rings. The summed E-state index contributed by atoms with van der Waals surface area (Å²) >= 11 is 0. The third-order valence-corrected chi connectivity index (χ3v) is 3.74. The molecule has 7 heteroatoms. The molecule has 1 N–H and O–H groups in total. The molecular formula is C16H17F3N2O2. The number of hydrogen-bond acceptors (Lipinski definition) is 2. The number of nitrogens with zero attached hydrogens (tertiary/aromatic N) is 1. The van der Waals surface area contributed by atoms with Crippen LogP contribution in [0.25, 0.3) is 5.57 Å². The van der Waals surface area contributed by atoms with Gasteiger partial charge in [-0.15, -0.1) is 0 Å². The molecule has 0 radical (unpaired) electrons. The van der Waals surface area contributed by atoms with Crippen molar-refractivity contribution >= 4 is 17.4 Å². The summed E-state index contributed by atoms with van der Waals surface area (Å²) in [6, 6.07) is 4.20. The number of halogens is 3. The summed E-state index contributed by atoms with van der Waals surface area (Å²) in [6.07, 6.45) is -2.70. The van der Waals surface area contributed by atoms with Gasteiger partial charge in [0.15, 0.2) is 0 Å². The number of nitrogens with one attached hydrogen (secondary N) is 1. The number of likely N-dealkylation sites (N-methyl/N-ethyl adjacent to an activating group) is 1. The lowest BCUT2D eigenvalue weighted by atomic mass is 10.0. The van der Waals surface area contributed by atoms with Crippen molar-refractivity contribution in [3.63, 3.8) is 0 Å². The molecule has 0 unspecified atom stereocenters. The van der Waals surface area contributed by atoms with Crippen LogP contribution in [-0.2, 0) is 15.8 Å². The second-order valence-corrected chi connectivity index (χ2v) is 5.52. The number of carbonyl (C=O) groups excluding carboxylic acids is 2. The third-order valence-electron chi connectivity index (χ3n) is 3.74. The van der Waals surface area contributed by atoms with Gasteiger partial charge < -0.3 is 10.2 Å². The molecule has 1 heterocycles. The largest absolute Gasteiger partial charge is 0.416 e. The first kappa shape index (κ1) is 17.1. The van der Waals surface area contributed by atoms with E-state index < -0.39 is 23.7 Å². The fourth-order valence-electron chi connectivity index (χ4n) is 2.39. The molecule has 23 heavy (non-hydrogen) atoms. The highest BCUT2D eigenvalue weighted by Crippen LogP contribution is 2.30. The number of amides is 2. The fourth-order valence-corrected chi connectivity index (χ4v) is 2.39. The van der Waals surface area contributed by atoms with Crippen molar-refractivity contribution in [2.45, 2.75) is 25.6 Å². The fraction of sp³-hybridized carbons (Fsp3) is 0.375. The van der Waals surface area contributed by atoms with Crippen molar-refractivity contribution < 1.29 is 22.8 Å². The van der Waals surface area contributed by atoms with Crippen LogP contribution in [0, 0.1) is 0 Å².